The zero-order chi connectivity index (χ0) is 10.8. The predicted molar refractivity (Wildman–Crippen MR) is 62.8 cm³/mol. The number of rotatable bonds is 2. The molecule has 0 aliphatic rings. The average Bonchev–Trinajstić information content (AvgIpc) is 2.56. The lowest BCUT2D eigenvalue weighted by Gasteiger charge is -2.05. The van der Waals surface area contributed by atoms with Crippen molar-refractivity contribution in [2.24, 2.45) is 7.05 Å². The monoisotopic (exact) mass is 267 g/mol. The third-order valence-corrected chi connectivity index (χ3v) is 2.28. The number of anilines is 3. The van der Waals surface area contributed by atoms with Crippen molar-refractivity contribution in [2.45, 2.75) is 0 Å². The van der Waals surface area contributed by atoms with Gasteiger partial charge in [-0.1, -0.05) is 0 Å². The number of nitrogens with one attached hydrogen (secondary N) is 1. The Kier molecular flexibility index (Phi) is 2.59. The summed E-state index contributed by atoms with van der Waals surface area (Å²) >= 11 is 3.30. The molecule has 6 heteroatoms. The summed E-state index contributed by atoms with van der Waals surface area (Å²) in [7, 11) is 1.85. The molecule has 2 aromatic rings. The van der Waals surface area contributed by atoms with E-state index >= 15 is 0 Å². The van der Waals surface area contributed by atoms with Gasteiger partial charge in [-0.15, -0.1) is 0 Å². The van der Waals surface area contributed by atoms with Gasteiger partial charge in [0.05, 0.1) is 5.69 Å². The lowest BCUT2D eigenvalue weighted by atomic mass is 10.4. The minimum absolute atomic E-state index is 0.579. The summed E-state index contributed by atoms with van der Waals surface area (Å²) in [6, 6.07) is 3.64. The summed E-state index contributed by atoms with van der Waals surface area (Å²) in [6.45, 7) is 0. The van der Waals surface area contributed by atoms with Gasteiger partial charge in [-0.3, -0.25) is 4.68 Å². The van der Waals surface area contributed by atoms with Gasteiger partial charge in [0.1, 0.15) is 0 Å². The molecular weight excluding hydrogens is 258 g/mol. The Balaban J connectivity index is 2.24. The summed E-state index contributed by atoms with van der Waals surface area (Å²) in [5.41, 5.74) is 6.37. The van der Waals surface area contributed by atoms with Crippen LogP contribution in [0.3, 0.4) is 0 Å². The minimum atomic E-state index is 0.579. The molecule has 0 bridgehead atoms. The van der Waals surface area contributed by atoms with Gasteiger partial charge in [0.15, 0.2) is 11.6 Å². The van der Waals surface area contributed by atoms with E-state index in [1.54, 1.807) is 16.9 Å². The van der Waals surface area contributed by atoms with Crippen LogP contribution >= 0.6 is 15.9 Å². The van der Waals surface area contributed by atoms with Gasteiger partial charge < -0.3 is 11.1 Å². The summed E-state index contributed by atoms with van der Waals surface area (Å²) in [5, 5.41) is 7.20. The van der Waals surface area contributed by atoms with Gasteiger partial charge in [-0.2, -0.15) is 5.10 Å². The molecule has 0 saturated heterocycles. The molecule has 0 atom stereocenters. The van der Waals surface area contributed by atoms with Crippen molar-refractivity contribution in [2.75, 3.05) is 11.1 Å². The van der Waals surface area contributed by atoms with E-state index in [0.717, 1.165) is 10.3 Å². The van der Waals surface area contributed by atoms with Gasteiger partial charge >= 0.3 is 0 Å². The molecule has 15 heavy (non-hydrogen) atoms. The van der Waals surface area contributed by atoms with Crippen LogP contribution < -0.4 is 11.1 Å². The largest absolute Gasteiger partial charge is 0.396 e. The van der Waals surface area contributed by atoms with Crippen molar-refractivity contribution in [1.82, 2.24) is 14.8 Å². The fourth-order valence-corrected chi connectivity index (χ4v) is 1.51. The zero-order valence-electron chi connectivity index (χ0n) is 8.11. The lowest BCUT2D eigenvalue weighted by Crippen LogP contribution is -2.00. The number of aromatic nitrogens is 3. The quantitative estimate of drug-likeness (QED) is 0.872. The molecule has 3 N–H and O–H groups in total. The van der Waals surface area contributed by atoms with Crippen LogP contribution in [-0.4, -0.2) is 14.8 Å². The van der Waals surface area contributed by atoms with Crippen LogP contribution in [0, 0.1) is 0 Å². The van der Waals surface area contributed by atoms with Gasteiger partial charge in [0.25, 0.3) is 0 Å². The summed E-state index contributed by atoms with van der Waals surface area (Å²) < 4.78 is 2.56. The first kappa shape index (κ1) is 9.97. The topological polar surface area (TPSA) is 68.8 Å². The Labute approximate surface area is 95.4 Å². The molecule has 2 aromatic heterocycles. The molecular formula is C9H10BrN5. The zero-order valence-corrected chi connectivity index (χ0v) is 9.69. The molecule has 0 radical (unpaired) electrons. The van der Waals surface area contributed by atoms with Crippen LogP contribution in [0.2, 0.25) is 0 Å². The van der Waals surface area contributed by atoms with Crippen molar-refractivity contribution in [1.29, 1.82) is 0 Å². The van der Waals surface area contributed by atoms with E-state index in [1.807, 2.05) is 19.3 Å². The van der Waals surface area contributed by atoms with E-state index in [-0.39, 0.29) is 0 Å². The Morgan fingerprint density at radius 1 is 1.53 bits per heavy atom. The molecule has 2 rings (SSSR count). The number of nitrogen functional groups attached to an aromatic ring is 1. The molecule has 0 unspecified atom stereocenters. The highest BCUT2D eigenvalue weighted by Gasteiger charge is 2.03. The van der Waals surface area contributed by atoms with E-state index in [0.29, 0.717) is 11.5 Å². The van der Waals surface area contributed by atoms with Crippen molar-refractivity contribution < 1.29 is 0 Å². The van der Waals surface area contributed by atoms with E-state index in [9.17, 15) is 0 Å². The number of nitrogens with zero attached hydrogens (tertiary/aromatic N) is 3. The average molecular weight is 268 g/mol. The van der Waals surface area contributed by atoms with Crippen LogP contribution in [0.15, 0.2) is 29.0 Å². The van der Waals surface area contributed by atoms with Gasteiger partial charge in [0.2, 0.25) is 0 Å². The second-order valence-corrected chi connectivity index (χ2v) is 4.01. The van der Waals surface area contributed by atoms with Gasteiger partial charge in [0, 0.05) is 30.0 Å². The van der Waals surface area contributed by atoms with Crippen LogP contribution in [-0.2, 0) is 7.05 Å². The number of pyridine rings is 1. The number of halogens is 1. The highest BCUT2D eigenvalue weighted by Crippen LogP contribution is 2.22. The summed E-state index contributed by atoms with van der Waals surface area (Å²) in [5.74, 6) is 1.33. The van der Waals surface area contributed by atoms with Crippen LogP contribution in [0.5, 0.6) is 0 Å². The molecule has 0 aliphatic heterocycles. The first-order valence-electron chi connectivity index (χ1n) is 4.33. The highest BCUT2D eigenvalue weighted by atomic mass is 79.9. The number of nitrogens with two attached hydrogens (primary N) is 1. The Morgan fingerprint density at radius 2 is 2.33 bits per heavy atom. The molecule has 0 fully saturated rings. The molecule has 2 heterocycles. The third-order valence-electron chi connectivity index (χ3n) is 1.84. The fraction of sp³-hybridized carbons (Fsp3) is 0.111. The number of aryl methyl sites for hydroxylation is 1. The van der Waals surface area contributed by atoms with Crippen LogP contribution in [0.25, 0.3) is 0 Å². The number of hydrogen-bond donors (Lipinski definition) is 2. The van der Waals surface area contributed by atoms with Crippen molar-refractivity contribution in [3.05, 3.63) is 29.0 Å². The summed E-state index contributed by atoms with van der Waals surface area (Å²) in [6.07, 6.45) is 3.53. The highest BCUT2D eigenvalue weighted by molar-refractivity contribution is 9.10. The van der Waals surface area contributed by atoms with Crippen molar-refractivity contribution in [3.8, 4) is 0 Å². The van der Waals surface area contributed by atoms with Crippen molar-refractivity contribution in [3.63, 3.8) is 0 Å². The van der Waals surface area contributed by atoms with E-state index in [2.05, 4.69) is 31.3 Å². The predicted octanol–water partition coefficient (Wildman–Crippen LogP) is 1.90. The first-order valence-corrected chi connectivity index (χ1v) is 5.12. The fourth-order valence-electron chi connectivity index (χ4n) is 1.16. The molecule has 5 nitrogen and oxygen atoms in total. The maximum absolute atomic E-state index is 5.79. The van der Waals surface area contributed by atoms with Crippen LogP contribution in [0.1, 0.15) is 0 Å². The Morgan fingerprint density at radius 3 is 2.93 bits per heavy atom. The van der Waals surface area contributed by atoms with E-state index < -0.39 is 0 Å². The maximum atomic E-state index is 5.79. The van der Waals surface area contributed by atoms with Gasteiger partial charge in [-0.05, 0) is 22.0 Å². The van der Waals surface area contributed by atoms with Crippen LogP contribution in [0.4, 0.5) is 17.3 Å². The molecule has 0 spiro atoms. The maximum Gasteiger partial charge on any atom is 0.154 e. The Hall–Kier alpha value is -1.56. The second kappa shape index (κ2) is 3.90. The molecule has 0 amide bonds. The molecule has 0 aliphatic carbocycles. The minimum Gasteiger partial charge on any atom is -0.396 e. The lowest BCUT2D eigenvalue weighted by molar-refractivity contribution is 0.771. The van der Waals surface area contributed by atoms with E-state index in [4.69, 9.17) is 5.73 Å². The Bertz CT molecular complexity index is 479. The molecule has 78 valence electrons. The smallest absolute Gasteiger partial charge is 0.154 e. The van der Waals surface area contributed by atoms with E-state index in [1.165, 1.54) is 0 Å². The van der Waals surface area contributed by atoms with Gasteiger partial charge in [-0.25, -0.2) is 4.98 Å². The standard InChI is InChI=1S/C9H10BrN5/c1-15-3-2-8(14-15)13-9-7(11)4-6(10)5-12-9/h2-5H,11H2,1H3,(H,12,13,14). The summed E-state index contributed by atoms with van der Waals surface area (Å²) in [4.78, 5) is 4.15. The third kappa shape index (κ3) is 2.27. The second-order valence-electron chi connectivity index (χ2n) is 3.09. The molecule has 0 saturated carbocycles. The van der Waals surface area contributed by atoms with Crippen molar-refractivity contribution >= 4 is 33.3 Å². The first-order chi connectivity index (χ1) is 7.15. The normalized spacial score (nSPS) is 10.3. The number of hydrogen-bond acceptors (Lipinski definition) is 4. The SMILES string of the molecule is Cn1ccc(Nc2ncc(Br)cc2N)n1. The molecule has 0 aromatic carbocycles.